The molecule has 2 aromatic carbocycles. The molecular weight excluding hydrogens is 408 g/mol. The lowest BCUT2D eigenvalue weighted by molar-refractivity contribution is 0.477. The number of likely N-dealkylation sites (N-methyl/N-ethyl adjacent to an activating group) is 1. The van der Waals surface area contributed by atoms with Gasteiger partial charge in [0.25, 0.3) is 0 Å². The van der Waals surface area contributed by atoms with Crippen LogP contribution in [0.25, 0.3) is 0 Å². The quantitative estimate of drug-likeness (QED) is 0.704. The van der Waals surface area contributed by atoms with Crippen LogP contribution in [-0.2, 0) is 16.4 Å². The van der Waals surface area contributed by atoms with Gasteiger partial charge in [-0.15, -0.1) is 0 Å². The number of benzene rings is 2. The Labute approximate surface area is 176 Å². The third kappa shape index (κ3) is 4.28. The van der Waals surface area contributed by atoms with Gasteiger partial charge < -0.3 is 10.1 Å². The SMILES string of the molecule is CNC1=CN(S(=O)(=O)C2CC2)CC=C1Cc1c(Cl)cccc1Oc1ccccc1. The maximum Gasteiger partial charge on any atom is 0.237 e. The van der Waals surface area contributed by atoms with Crippen LogP contribution in [0, 0.1) is 0 Å². The molecule has 4 rings (SSSR count). The van der Waals surface area contributed by atoms with Crippen LogP contribution in [0.2, 0.25) is 5.02 Å². The zero-order valence-corrected chi connectivity index (χ0v) is 17.7. The third-order valence-corrected chi connectivity index (χ3v) is 7.67. The maximum absolute atomic E-state index is 12.6. The predicted octanol–water partition coefficient (Wildman–Crippen LogP) is 4.47. The summed E-state index contributed by atoms with van der Waals surface area (Å²) < 4.78 is 32.6. The molecule has 1 heterocycles. The van der Waals surface area contributed by atoms with Gasteiger partial charge in [-0.3, -0.25) is 4.31 Å². The van der Waals surface area contributed by atoms with Crippen molar-refractivity contribution in [3.05, 3.63) is 82.7 Å². The number of rotatable bonds is 7. The lowest BCUT2D eigenvalue weighted by Gasteiger charge is -2.26. The molecule has 0 amide bonds. The molecule has 0 unspecified atom stereocenters. The second kappa shape index (κ2) is 8.13. The van der Waals surface area contributed by atoms with E-state index in [4.69, 9.17) is 16.3 Å². The molecule has 1 aliphatic carbocycles. The third-order valence-electron chi connectivity index (χ3n) is 5.09. The van der Waals surface area contributed by atoms with Crippen LogP contribution in [0.4, 0.5) is 0 Å². The summed E-state index contributed by atoms with van der Waals surface area (Å²) in [4.78, 5) is 0. The van der Waals surface area contributed by atoms with Crippen LogP contribution in [0.15, 0.2) is 72.1 Å². The van der Waals surface area contributed by atoms with Gasteiger partial charge in [0, 0.05) is 30.3 Å². The predicted molar refractivity (Wildman–Crippen MR) is 116 cm³/mol. The number of para-hydroxylation sites is 1. The fourth-order valence-electron chi connectivity index (χ4n) is 3.33. The Bertz CT molecular complexity index is 1060. The summed E-state index contributed by atoms with van der Waals surface area (Å²) in [6.07, 6.45) is 5.67. The van der Waals surface area contributed by atoms with Crippen molar-refractivity contribution >= 4 is 21.6 Å². The van der Waals surface area contributed by atoms with Crippen molar-refractivity contribution in [2.75, 3.05) is 13.6 Å². The molecule has 7 heteroatoms. The van der Waals surface area contributed by atoms with E-state index in [0.717, 1.165) is 35.4 Å². The maximum atomic E-state index is 12.6. The summed E-state index contributed by atoms with van der Waals surface area (Å²) in [6, 6.07) is 15.1. The van der Waals surface area contributed by atoms with E-state index >= 15 is 0 Å². The number of hydrogen-bond acceptors (Lipinski definition) is 4. The van der Waals surface area contributed by atoms with Gasteiger partial charge in [-0.1, -0.05) is 41.9 Å². The average Bonchev–Trinajstić information content (AvgIpc) is 3.57. The topological polar surface area (TPSA) is 58.6 Å². The van der Waals surface area contributed by atoms with Gasteiger partial charge in [0.2, 0.25) is 10.0 Å². The lowest BCUT2D eigenvalue weighted by Crippen LogP contribution is -2.33. The fraction of sp³-hybridized carbons (Fsp3) is 0.273. The van der Waals surface area contributed by atoms with E-state index in [2.05, 4.69) is 5.32 Å². The van der Waals surface area contributed by atoms with Crippen LogP contribution >= 0.6 is 11.6 Å². The molecule has 0 aromatic heterocycles. The lowest BCUT2D eigenvalue weighted by atomic mass is 10.00. The van der Waals surface area contributed by atoms with Gasteiger partial charge >= 0.3 is 0 Å². The van der Waals surface area contributed by atoms with E-state index in [1.54, 1.807) is 13.2 Å². The van der Waals surface area contributed by atoms with Crippen LogP contribution < -0.4 is 10.1 Å². The molecule has 0 atom stereocenters. The van der Waals surface area contributed by atoms with E-state index in [0.29, 0.717) is 23.7 Å². The summed E-state index contributed by atoms with van der Waals surface area (Å²) in [6.45, 7) is 0.332. The van der Waals surface area contributed by atoms with Gasteiger partial charge in [0.1, 0.15) is 11.5 Å². The molecule has 152 valence electrons. The van der Waals surface area contributed by atoms with E-state index in [1.165, 1.54) is 4.31 Å². The minimum Gasteiger partial charge on any atom is -0.457 e. The van der Waals surface area contributed by atoms with Crippen molar-refractivity contribution in [3.63, 3.8) is 0 Å². The smallest absolute Gasteiger partial charge is 0.237 e. The van der Waals surface area contributed by atoms with Crippen molar-refractivity contribution in [2.24, 2.45) is 0 Å². The molecule has 2 aliphatic rings. The van der Waals surface area contributed by atoms with Gasteiger partial charge in [0.15, 0.2) is 0 Å². The molecule has 5 nitrogen and oxygen atoms in total. The van der Waals surface area contributed by atoms with E-state index in [1.807, 2.05) is 54.6 Å². The number of ether oxygens (including phenoxy) is 1. The summed E-state index contributed by atoms with van der Waals surface area (Å²) in [5, 5.41) is 3.51. The van der Waals surface area contributed by atoms with Crippen molar-refractivity contribution in [1.82, 2.24) is 9.62 Å². The standard InChI is InChI=1S/C22H23ClN2O3S/c1-24-21-15-25(29(26,27)18-10-11-18)13-12-16(21)14-19-20(23)8-5-9-22(19)28-17-6-3-2-4-7-17/h2-9,12,15,18,24H,10-11,13-14H2,1H3. The Kier molecular flexibility index (Phi) is 5.56. The van der Waals surface area contributed by atoms with E-state index in [9.17, 15) is 8.42 Å². The highest BCUT2D eigenvalue weighted by Gasteiger charge is 2.39. The number of allylic oxidation sites excluding steroid dienone is 1. The highest BCUT2D eigenvalue weighted by atomic mass is 35.5. The normalized spacial score (nSPS) is 16.8. The molecule has 2 aromatic rings. The van der Waals surface area contributed by atoms with Crippen LogP contribution in [0.1, 0.15) is 18.4 Å². The van der Waals surface area contributed by atoms with Gasteiger partial charge in [0.05, 0.1) is 17.5 Å². The second-order valence-electron chi connectivity index (χ2n) is 7.14. The molecule has 1 fully saturated rings. The minimum atomic E-state index is -3.26. The fourth-order valence-corrected chi connectivity index (χ4v) is 5.21. The first kappa shape index (κ1) is 19.9. The summed E-state index contributed by atoms with van der Waals surface area (Å²) >= 11 is 6.50. The Morgan fingerprint density at radius 2 is 1.90 bits per heavy atom. The summed E-state index contributed by atoms with van der Waals surface area (Å²) in [5.74, 6) is 1.42. The Morgan fingerprint density at radius 3 is 2.59 bits per heavy atom. The van der Waals surface area contributed by atoms with Crippen molar-refractivity contribution in [2.45, 2.75) is 24.5 Å². The molecule has 1 aliphatic heterocycles. The minimum absolute atomic E-state index is 0.235. The average molecular weight is 431 g/mol. The van der Waals surface area contributed by atoms with Crippen LogP contribution in [0.3, 0.4) is 0 Å². The first-order chi connectivity index (χ1) is 14.0. The van der Waals surface area contributed by atoms with Gasteiger partial charge in [-0.25, -0.2) is 8.42 Å². The zero-order chi connectivity index (χ0) is 20.4. The van der Waals surface area contributed by atoms with Crippen molar-refractivity contribution in [1.29, 1.82) is 0 Å². The van der Waals surface area contributed by atoms with E-state index < -0.39 is 10.0 Å². The Balaban J connectivity index is 1.59. The van der Waals surface area contributed by atoms with Crippen LogP contribution in [-0.4, -0.2) is 31.6 Å². The summed E-state index contributed by atoms with van der Waals surface area (Å²) in [5.41, 5.74) is 2.62. The van der Waals surface area contributed by atoms with Crippen molar-refractivity contribution < 1.29 is 13.2 Å². The number of hydrogen-bond donors (Lipinski definition) is 1. The number of nitrogens with zero attached hydrogens (tertiary/aromatic N) is 1. The second-order valence-corrected chi connectivity index (χ2v) is 9.72. The molecule has 1 N–H and O–H groups in total. The number of sulfonamides is 1. The molecule has 1 saturated carbocycles. The van der Waals surface area contributed by atoms with Crippen molar-refractivity contribution in [3.8, 4) is 11.5 Å². The van der Waals surface area contributed by atoms with Gasteiger partial charge in [-0.2, -0.15) is 0 Å². The van der Waals surface area contributed by atoms with Crippen LogP contribution in [0.5, 0.6) is 11.5 Å². The zero-order valence-electron chi connectivity index (χ0n) is 16.1. The van der Waals surface area contributed by atoms with E-state index in [-0.39, 0.29) is 5.25 Å². The monoisotopic (exact) mass is 430 g/mol. The molecule has 0 bridgehead atoms. The molecular formula is C22H23ClN2O3S. The highest BCUT2D eigenvalue weighted by Crippen LogP contribution is 2.36. The Morgan fingerprint density at radius 1 is 1.14 bits per heavy atom. The first-order valence-corrected chi connectivity index (χ1v) is 11.5. The first-order valence-electron chi connectivity index (χ1n) is 9.59. The number of halogens is 1. The number of nitrogens with one attached hydrogen (secondary N) is 1. The highest BCUT2D eigenvalue weighted by molar-refractivity contribution is 7.90. The summed E-state index contributed by atoms with van der Waals surface area (Å²) in [7, 11) is -1.47. The Hall–Kier alpha value is -2.44. The van der Waals surface area contributed by atoms with Gasteiger partial charge in [-0.05, 0) is 42.7 Å². The molecule has 0 radical (unpaired) electrons. The molecule has 29 heavy (non-hydrogen) atoms. The molecule has 0 saturated heterocycles. The largest absolute Gasteiger partial charge is 0.457 e. The molecule has 0 spiro atoms.